The normalized spacial score (nSPS) is 19.7. The molecule has 1 heterocycles. The second kappa shape index (κ2) is 6.01. The van der Waals surface area contributed by atoms with Crippen LogP contribution in [0.4, 0.5) is 5.69 Å². The highest BCUT2D eigenvalue weighted by atomic mass is 15.4. The lowest BCUT2D eigenvalue weighted by Gasteiger charge is -2.39. The van der Waals surface area contributed by atoms with Crippen LogP contribution in [0.3, 0.4) is 0 Å². The van der Waals surface area contributed by atoms with Gasteiger partial charge in [-0.25, -0.2) is 0 Å². The van der Waals surface area contributed by atoms with Crippen molar-refractivity contribution < 1.29 is 4.48 Å². The summed E-state index contributed by atoms with van der Waals surface area (Å²) in [6.45, 7) is 3.79. The Balaban J connectivity index is 1.61. The predicted molar refractivity (Wildman–Crippen MR) is 96.6 cm³/mol. The van der Waals surface area contributed by atoms with Crippen LogP contribution in [0.5, 0.6) is 0 Å². The maximum atomic E-state index is 2.69. The smallest absolute Gasteiger partial charge is 0.154 e. The van der Waals surface area contributed by atoms with Gasteiger partial charge < -0.3 is 9.38 Å². The number of rotatable bonds is 4. The molecule has 0 N–H and O–H groups in total. The molecule has 1 aliphatic heterocycles. The quantitative estimate of drug-likeness (QED) is 0.775. The number of benzene rings is 2. The highest BCUT2D eigenvalue weighted by Gasteiger charge is 2.34. The molecule has 2 aromatic rings. The average molecular weight is 307 g/mol. The largest absolute Gasteiger partial charge is 0.321 e. The fourth-order valence-corrected chi connectivity index (χ4v) is 4.39. The molecule has 2 nitrogen and oxygen atoms in total. The Morgan fingerprint density at radius 2 is 1.43 bits per heavy atom. The Kier molecular flexibility index (Phi) is 3.86. The topological polar surface area (TPSA) is 3.24 Å². The molecule has 0 amide bonds. The average Bonchev–Trinajstić information content (AvgIpc) is 3.20. The van der Waals surface area contributed by atoms with E-state index in [2.05, 4.69) is 66.5 Å². The van der Waals surface area contributed by atoms with Crippen LogP contribution < -0.4 is 4.90 Å². The van der Waals surface area contributed by atoms with Crippen LogP contribution in [-0.2, 0) is 12.8 Å². The van der Waals surface area contributed by atoms with E-state index >= 15 is 0 Å². The molecule has 2 aliphatic rings. The van der Waals surface area contributed by atoms with E-state index in [1.165, 1.54) is 48.9 Å². The van der Waals surface area contributed by atoms with Crippen molar-refractivity contribution in [1.29, 1.82) is 0 Å². The molecule has 1 fully saturated rings. The molecule has 120 valence electrons. The van der Waals surface area contributed by atoms with E-state index in [0.29, 0.717) is 6.04 Å². The second-order valence-electron chi connectivity index (χ2n) is 7.55. The van der Waals surface area contributed by atoms with Gasteiger partial charge in [-0.1, -0.05) is 42.5 Å². The summed E-state index contributed by atoms with van der Waals surface area (Å²) in [5.41, 5.74) is 4.47. The first-order valence-corrected chi connectivity index (χ1v) is 8.96. The molecule has 2 heteroatoms. The second-order valence-corrected chi connectivity index (χ2v) is 7.55. The van der Waals surface area contributed by atoms with Crippen molar-refractivity contribution in [2.45, 2.75) is 31.7 Å². The number of hydrogen-bond donors (Lipinski definition) is 0. The highest BCUT2D eigenvalue weighted by Crippen LogP contribution is 2.30. The third kappa shape index (κ3) is 3.00. The Bertz CT molecular complexity index is 634. The van der Waals surface area contributed by atoms with Crippen LogP contribution in [0.2, 0.25) is 0 Å². The van der Waals surface area contributed by atoms with Gasteiger partial charge in [0, 0.05) is 24.6 Å². The highest BCUT2D eigenvalue weighted by molar-refractivity contribution is 5.49. The van der Waals surface area contributed by atoms with E-state index in [9.17, 15) is 0 Å². The van der Waals surface area contributed by atoms with Gasteiger partial charge in [-0.2, -0.15) is 0 Å². The number of fused-ring (bicyclic) bond motifs is 1. The van der Waals surface area contributed by atoms with E-state index in [-0.39, 0.29) is 0 Å². The number of para-hydroxylation sites is 1. The zero-order chi connectivity index (χ0) is 15.7. The number of quaternary nitrogens is 1. The van der Waals surface area contributed by atoms with Crippen LogP contribution in [0.15, 0.2) is 54.6 Å². The molecule has 23 heavy (non-hydrogen) atoms. The molecule has 1 saturated heterocycles. The van der Waals surface area contributed by atoms with E-state index in [1.54, 1.807) is 11.1 Å². The Morgan fingerprint density at radius 3 is 2.04 bits per heavy atom. The van der Waals surface area contributed by atoms with Crippen molar-refractivity contribution in [3.05, 3.63) is 65.7 Å². The minimum Gasteiger partial charge on any atom is -0.321 e. The Labute approximate surface area is 139 Å². The summed E-state index contributed by atoms with van der Waals surface area (Å²) in [6.07, 6.45) is 5.13. The van der Waals surface area contributed by atoms with Crippen molar-refractivity contribution in [1.82, 2.24) is 0 Å². The number of nitrogens with zero attached hydrogens (tertiary/aromatic N) is 2. The predicted octanol–water partition coefficient (Wildman–Crippen LogP) is 3.86. The monoisotopic (exact) mass is 307 g/mol. The zero-order valence-corrected chi connectivity index (χ0v) is 14.1. The fraction of sp³-hybridized carbons (Fsp3) is 0.429. The molecule has 0 aromatic heterocycles. The van der Waals surface area contributed by atoms with Gasteiger partial charge in [-0.15, -0.1) is 0 Å². The summed E-state index contributed by atoms with van der Waals surface area (Å²) in [6, 6.07) is 20.6. The Morgan fingerprint density at radius 1 is 0.870 bits per heavy atom. The molecular weight excluding hydrogens is 280 g/mol. The van der Waals surface area contributed by atoms with E-state index in [0.717, 1.165) is 6.67 Å². The third-order valence-corrected chi connectivity index (χ3v) is 5.70. The molecule has 2 aromatic carbocycles. The number of anilines is 1. The van der Waals surface area contributed by atoms with Gasteiger partial charge in [-0.05, 0) is 36.1 Å². The van der Waals surface area contributed by atoms with Gasteiger partial charge in [0.15, 0.2) is 6.67 Å². The SMILES string of the molecule is C[N+]1(CN(c2ccccc2)C2Cc3ccccc3C2)CCCC1. The lowest BCUT2D eigenvalue weighted by Crippen LogP contribution is -2.53. The third-order valence-electron chi connectivity index (χ3n) is 5.70. The molecule has 1 aliphatic carbocycles. The van der Waals surface area contributed by atoms with Gasteiger partial charge >= 0.3 is 0 Å². The summed E-state index contributed by atoms with van der Waals surface area (Å²) in [5, 5.41) is 0. The standard InChI is InChI=1S/C21H27N2/c1-23(13-7-8-14-23)17-22(20-11-3-2-4-12-20)21-15-18-9-5-6-10-19(18)16-21/h2-6,9-12,21H,7-8,13-17H2,1H3/q+1. The zero-order valence-electron chi connectivity index (χ0n) is 14.1. The lowest BCUT2D eigenvalue weighted by atomic mass is 10.1. The van der Waals surface area contributed by atoms with Crippen LogP contribution in [0, 0.1) is 0 Å². The first-order valence-electron chi connectivity index (χ1n) is 8.96. The van der Waals surface area contributed by atoms with E-state index < -0.39 is 0 Å². The van der Waals surface area contributed by atoms with Crippen LogP contribution in [0.25, 0.3) is 0 Å². The first kappa shape index (κ1) is 14.8. The van der Waals surface area contributed by atoms with Crippen molar-refractivity contribution in [2.75, 3.05) is 31.7 Å². The molecule has 0 unspecified atom stereocenters. The van der Waals surface area contributed by atoms with Crippen LogP contribution in [-0.4, -0.2) is 37.3 Å². The minimum absolute atomic E-state index is 0.602. The number of likely N-dealkylation sites (tertiary alicyclic amines) is 1. The summed E-state index contributed by atoms with van der Waals surface area (Å²) in [7, 11) is 2.44. The van der Waals surface area contributed by atoms with Gasteiger partial charge in [0.1, 0.15) is 0 Å². The fourth-order valence-electron chi connectivity index (χ4n) is 4.39. The Hall–Kier alpha value is -1.80. The molecular formula is C21H27N2+. The summed E-state index contributed by atoms with van der Waals surface area (Å²) >= 11 is 0. The van der Waals surface area contributed by atoms with Gasteiger partial charge in [-0.3, -0.25) is 0 Å². The van der Waals surface area contributed by atoms with Crippen molar-refractivity contribution >= 4 is 5.69 Å². The van der Waals surface area contributed by atoms with Crippen LogP contribution >= 0.6 is 0 Å². The lowest BCUT2D eigenvalue weighted by molar-refractivity contribution is -0.897. The van der Waals surface area contributed by atoms with Crippen molar-refractivity contribution in [3.63, 3.8) is 0 Å². The molecule has 4 rings (SSSR count). The summed E-state index contributed by atoms with van der Waals surface area (Å²) < 4.78 is 1.20. The van der Waals surface area contributed by atoms with Gasteiger partial charge in [0.05, 0.1) is 20.1 Å². The van der Waals surface area contributed by atoms with E-state index in [1.807, 2.05) is 0 Å². The maximum Gasteiger partial charge on any atom is 0.154 e. The first-order chi connectivity index (χ1) is 11.2. The van der Waals surface area contributed by atoms with Gasteiger partial charge in [0.25, 0.3) is 0 Å². The minimum atomic E-state index is 0.602. The van der Waals surface area contributed by atoms with Crippen molar-refractivity contribution in [3.8, 4) is 0 Å². The molecule has 0 atom stereocenters. The molecule has 0 spiro atoms. The maximum absolute atomic E-state index is 2.69. The summed E-state index contributed by atoms with van der Waals surface area (Å²) in [5.74, 6) is 0. The molecule has 0 bridgehead atoms. The number of hydrogen-bond acceptors (Lipinski definition) is 1. The van der Waals surface area contributed by atoms with Crippen LogP contribution in [0.1, 0.15) is 24.0 Å². The molecule has 0 saturated carbocycles. The van der Waals surface area contributed by atoms with E-state index in [4.69, 9.17) is 0 Å². The summed E-state index contributed by atoms with van der Waals surface area (Å²) in [4.78, 5) is 2.69. The molecule has 0 radical (unpaired) electrons. The van der Waals surface area contributed by atoms with Gasteiger partial charge in [0.2, 0.25) is 0 Å². The van der Waals surface area contributed by atoms with Crippen molar-refractivity contribution in [2.24, 2.45) is 0 Å².